The van der Waals surface area contributed by atoms with Crippen LogP contribution in [0.3, 0.4) is 0 Å². The molecule has 0 radical (unpaired) electrons. The van der Waals surface area contributed by atoms with Crippen molar-refractivity contribution in [2.75, 3.05) is 13.2 Å². The Morgan fingerprint density at radius 3 is 2.12 bits per heavy atom. The molecule has 0 fully saturated rings. The summed E-state index contributed by atoms with van der Waals surface area (Å²) in [5, 5.41) is 1.98. The summed E-state index contributed by atoms with van der Waals surface area (Å²) in [6.07, 6.45) is 6.29. The van der Waals surface area contributed by atoms with Gasteiger partial charge < -0.3 is 14.2 Å². The van der Waals surface area contributed by atoms with Gasteiger partial charge in [-0.1, -0.05) is 62.6 Å². The lowest BCUT2D eigenvalue weighted by molar-refractivity contribution is -0.139. The Morgan fingerprint density at radius 1 is 0.735 bits per heavy atom. The maximum absolute atomic E-state index is 12.4. The van der Waals surface area contributed by atoms with Crippen LogP contribution in [0.4, 0.5) is 0 Å². The minimum atomic E-state index is -0.374. The number of fused-ring (bicyclic) bond motifs is 1. The molecular weight excluding hydrogens is 428 g/mol. The predicted molar refractivity (Wildman–Crippen MR) is 134 cm³/mol. The number of rotatable bonds is 13. The highest BCUT2D eigenvalue weighted by atomic mass is 16.5. The van der Waals surface area contributed by atoms with E-state index in [1.54, 1.807) is 25.1 Å². The van der Waals surface area contributed by atoms with Gasteiger partial charge in [-0.25, -0.2) is 9.59 Å². The van der Waals surface area contributed by atoms with Crippen molar-refractivity contribution in [1.29, 1.82) is 0 Å². The highest BCUT2D eigenvalue weighted by Crippen LogP contribution is 2.23. The molecule has 0 unspecified atom stereocenters. The molecule has 0 aliphatic rings. The average molecular weight is 461 g/mol. The monoisotopic (exact) mass is 460 g/mol. The molecule has 0 amide bonds. The van der Waals surface area contributed by atoms with Gasteiger partial charge in [0.15, 0.2) is 0 Å². The largest absolute Gasteiger partial charge is 0.494 e. The van der Waals surface area contributed by atoms with Gasteiger partial charge in [0.25, 0.3) is 0 Å². The van der Waals surface area contributed by atoms with E-state index < -0.39 is 0 Å². The third-order valence-electron chi connectivity index (χ3n) is 5.39. The molecule has 34 heavy (non-hydrogen) atoms. The van der Waals surface area contributed by atoms with Crippen molar-refractivity contribution in [3.05, 3.63) is 84.4 Å². The lowest BCUT2D eigenvalue weighted by atomic mass is 10.1. The highest BCUT2D eigenvalue weighted by Gasteiger charge is 2.10. The summed E-state index contributed by atoms with van der Waals surface area (Å²) in [4.78, 5) is 23.7. The highest BCUT2D eigenvalue weighted by molar-refractivity contribution is 5.96. The van der Waals surface area contributed by atoms with Crippen LogP contribution in [0.2, 0.25) is 0 Å². The smallest absolute Gasteiger partial charge is 0.343 e. The maximum Gasteiger partial charge on any atom is 0.343 e. The van der Waals surface area contributed by atoms with Crippen molar-refractivity contribution >= 4 is 22.7 Å². The van der Waals surface area contributed by atoms with Crippen LogP contribution < -0.4 is 9.47 Å². The Kier molecular flexibility index (Phi) is 9.71. The number of para-hydroxylation sites is 1. The second kappa shape index (κ2) is 13.2. The van der Waals surface area contributed by atoms with E-state index in [0.717, 1.165) is 55.0 Å². The van der Waals surface area contributed by atoms with Crippen molar-refractivity contribution in [2.45, 2.75) is 45.4 Å². The lowest BCUT2D eigenvalue weighted by Gasteiger charge is -2.09. The summed E-state index contributed by atoms with van der Waals surface area (Å²) < 4.78 is 16.4. The van der Waals surface area contributed by atoms with Crippen molar-refractivity contribution in [3.8, 4) is 11.5 Å². The van der Waals surface area contributed by atoms with Crippen molar-refractivity contribution < 1.29 is 23.8 Å². The van der Waals surface area contributed by atoms with E-state index in [4.69, 9.17) is 14.2 Å². The fourth-order valence-corrected chi connectivity index (χ4v) is 3.48. The van der Waals surface area contributed by atoms with Crippen LogP contribution in [0, 0.1) is 0 Å². The normalized spacial score (nSPS) is 10.6. The molecule has 0 aliphatic heterocycles. The zero-order valence-electron chi connectivity index (χ0n) is 19.8. The molecular formula is C29H32O5. The molecule has 178 valence electrons. The zero-order chi connectivity index (χ0) is 24.2. The van der Waals surface area contributed by atoms with Crippen molar-refractivity contribution in [1.82, 2.24) is 0 Å². The van der Waals surface area contributed by atoms with Gasteiger partial charge in [0.2, 0.25) is 0 Å². The van der Waals surface area contributed by atoms with Crippen LogP contribution in [-0.4, -0.2) is 25.2 Å². The number of esters is 2. The number of unbranched alkanes of at least 4 members (excludes halogenated alkanes) is 5. The lowest BCUT2D eigenvalue weighted by Crippen LogP contribution is -2.08. The third-order valence-corrected chi connectivity index (χ3v) is 5.39. The molecule has 3 rings (SSSR count). The Morgan fingerprint density at radius 2 is 1.38 bits per heavy atom. The van der Waals surface area contributed by atoms with Gasteiger partial charge in [-0.05, 0) is 66.9 Å². The number of benzene rings is 3. The average Bonchev–Trinajstić information content (AvgIpc) is 2.85. The number of hydrogen-bond acceptors (Lipinski definition) is 5. The summed E-state index contributed by atoms with van der Waals surface area (Å²) in [6.45, 7) is 6.36. The molecule has 0 aliphatic carbocycles. The second-order valence-corrected chi connectivity index (χ2v) is 8.31. The Balaban J connectivity index is 1.35. The fraction of sp³-hybridized carbons (Fsp3) is 0.310. The summed E-state index contributed by atoms with van der Waals surface area (Å²) in [6, 6.07) is 20.5. The van der Waals surface area contributed by atoms with Crippen molar-refractivity contribution in [2.24, 2.45) is 0 Å². The van der Waals surface area contributed by atoms with Gasteiger partial charge in [0.05, 0.1) is 18.8 Å². The molecule has 0 saturated carbocycles. The van der Waals surface area contributed by atoms with Gasteiger partial charge in [-0.3, -0.25) is 0 Å². The Labute approximate surface area is 201 Å². The quantitative estimate of drug-likeness (QED) is 0.120. The first-order valence-corrected chi connectivity index (χ1v) is 11.8. The summed E-state index contributed by atoms with van der Waals surface area (Å²) >= 11 is 0. The molecule has 5 heteroatoms. The number of carbonyl (C=O) groups excluding carboxylic acids is 2. The first-order chi connectivity index (χ1) is 16.5. The molecule has 3 aromatic rings. The van der Waals surface area contributed by atoms with Gasteiger partial charge in [0.1, 0.15) is 11.5 Å². The van der Waals surface area contributed by atoms with E-state index in [2.05, 4.69) is 6.58 Å². The van der Waals surface area contributed by atoms with E-state index in [0.29, 0.717) is 30.1 Å². The zero-order valence-corrected chi connectivity index (χ0v) is 19.8. The van der Waals surface area contributed by atoms with Crippen LogP contribution in [0.25, 0.3) is 10.8 Å². The summed E-state index contributed by atoms with van der Waals surface area (Å²) in [5.74, 6) is 0.671. The molecule has 0 spiro atoms. The van der Waals surface area contributed by atoms with Crippen molar-refractivity contribution in [3.63, 3.8) is 0 Å². The molecule has 3 aromatic carbocycles. The van der Waals surface area contributed by atoms with Gasteiger partial charge in [-0.15, -0.1) is 0 Å². The topological polar surface area (TPSA) is 61.8 Å². The standard InChI is InChI=1S/C29H32O5/c1-22(2)28(30)33-19-11-6-4-3-5-10-18-32-27-17-16-23-20-25(15-14-24(23)21-27)29(31)34-26-12-8-7-9-13-26/h7-9,12-17,20-21H,1,3-6,10-11,18-19H2,2H3. The van der Waals surface area contributed by atoms with Crippen LogP contribution in [0.1, 0.15) is 55.8 Å². The minimum absolute atomic E-state index is 0.308. The number of hydrogen-bond donors (Lipinski definition) is 0. The number of carbonyl (C=O) groups is 2. The Bertz CT molecular complexity index is 1100. The fourth-order valence-electron chi connectivity index (χ4n) is 3.48. The SMILES string of the molecule is C=C(C)C(=O)OCCCCCCCCOc1ccc2cc(C(=O)Oc3ccccc3)ccc2c1. The predicted octanol–water partition coefficient (Wildman–Crippen LogP) is 6.90. The minimum Gasteiger partial charge on any atom is -0.494 e. The van der Waals surface area contributed by atoms with E-state index >= 15 is 0 Å². The third kappa shape index (κ3) is 8.07. The Hall–Kier alpha value is -3.60. The first kappa shape index (κ1) is 25.0. The molecule has 0 atom stereocenters. The van der Waals surface area contributed by atoms with E-state index in [-0.39, 0.29) is 11.9 Å². The summed E-state index contributed by atoms with van der Waals surface area (Å²) in [7, 11) is 0. The molecule has 5 nitrogen and oxygen atoms in total. The van der Waals surface area contributed by atoms with Gasteiger partial charge in [0, 0.05) is 5.57 Å². The molecule has 0 bridgehead atoms. The van der Waals surface area contributed by atoms with Crippen LogP contribution in [0.15, 0.2) is 78.9 Å². The number of ether oxygens (including phenoxy) is 3. The van der Waals surface area contributed by atoms with Crippen LogP contribution in [0.5, 0.6) is 11.5 Å². The molecule has 0 N–H and O–H groups in total. The van der Waals surface area contributed by atoms with Gasteiger partial charge in [-0.2, -0.15) is 0 Å². The first-order valence-electron chi connectivity index (χ1n) is 11.8. The van der Waals surface area contributed by atoms with Crippen LogP contribution in [-0.2, 0) is 9.53 Å². The molecule has 0 heterocycles. The van der Waals surface area contributed by atoms with Crippen LogP contribution >= 0.6 is 0 Å². The summed E-state index contributed by atoms with van der Waals surface area (Å²) in [5.41, 5.74) is 0.957. The van der Waals surface area contributed by atoms with E-state index in [1.165, 1.54) is 0 Å². The van der Waals surface area contributed by atoms with E-state index in [9.17, 15) is 9.59 Å². The molecule has 0 aromatic heterocycles. The maximum atomic E-state index is 12.4. The van der Waals surface area contributed by atoms with E-state index in [1.807, 2.05) is 48.5 Å². The second-order valence-electron chi connectivity index (χ2n) is 8.31. The molecule has 0 saturated heterocycles. The van der Waals surface area contributed by atoms with Gasteiger partial charge >= 0.3 is 11.9 Å².